The molecular weight excluding hydrogens is 350 g/mol. The van der Waals surface area contributed by atoms with Crippen molar-refractivity contribution < 1.29 is 23.0 Å². The number of halogens is 2. The molecule has 2 atom stereocenters. The van der Waals surface area contributed by atoms with Crippen LogP contribution in [0.3, 0.4) is 0 Å². The zero-order valence-electron chi connectivity index (χ0n) is 15.4. The monoisotopic (exact) mass is 374 g/mol. The molecule has 5 heteroatoms. The van der Waals surface area contributed by atoms with Crippen LogP contribution in [-0.2, 0) is 16.1 Å². The van der Waals surface area contributed by atoms with E-state index in [0.717, 1.165) is 24.0 Å². The van der Waals surface area contributed by atoms with Crippen LogP contribution in [0, 0.1) is 11.6 Å². The SMILES string of the molecule is C=Cc1ccc(C2CCC(OCc3ccc(OCC)c(F)c3F)CO2)cc1. The Hall–Kier alpha value is -2.24. The second-order valence-corrected chi connectivity index (χ2v) is 6.49. The van der Waals surface area contributed by atoms with E-state index in [2.05, 4.69) is 6.58 Å². The fourth-order valence-corrected chi connectivity index (χ4v) is 3.13. The maximum atomic E-state index is 14.1. The van der Waals surface area contributed by atoms with Crippen molar-refractivity contribution in [2.75, 3.05) is 13.2 Å². The first kappa shape index (κ1) is 19.5. The van der Waals surface area contributed by atoms with Gasteiger partial charge < -0.3 is 14.2 Å². The van der Waals surface area contributed by atoms with E-state index in [9.17, 15) is 8.78 Å². The minimum absolute atomic E-state index is 0.00187. The Kier molecular flexibility index (Phi) is 6.58. The average Bonchev–Trinajstić information content (AvgIpc) is 2.71. The van der Waals surface area contributed by atoms with E-state index in [1.165, 1.54) is 12.1 Å². The molecule has 1 aliphatic rings. The predicted molar refractivity (Wildman–Crippen MR) is 101 cm³/mol. The van der Waals surface area contributed by atoms with Gasteiger partial charge in [-0.25, -0.2) is 4.39 Å². The van der Waals surface area contributed by atoms with Gasteiger partial charge in [0.1, 0.15) is 0 Å². The lowest BCUT2D eigenvalue weighted by Crippen LogP contribution is -2.27. The van der Waals surface area contributed by atoms with E-state index in [-0.39, 0.29) is 36.7 Å². The van der Waals surface area contributed by atoms with Crippen LogP contribution in [0.4, 0.5) is 8.78 Å². The van der Waals surface area contributed by atoms with Crippen LogP contribution < -0.4 is 4.74 Å². The Labute approximate surface area is 158 Å². The van der Waals surface area contributed by atoms with Gasteiger partial charge in [0.15, 0.2) is 11.6 Å². The van der Waals surface area contributed by atoms with Crippen molar-refractivity contribution in [3.8, 4) is 5.75 Å². The standard InChI is InChI=1S/C22H24F2O3/c1-3-15-5-7-16(8-6-15)19-12-10-18(14-27-19)26-13-17-9-11-20(25-4-2)22(24)21(17)23/h3,5-9,11,18-19H,1,4,10,12-14H2,2H3. The van der Waals surface area contributed by atoms with Crippen LogP contribution >= 0.6 is 0 Å². The first-order chi connectivity index (χ1) is 13.1. The maximum Gasteiger partial charge on any atom is 0.200 e. The molecule has 3 nitrogen and oxygen atoms in total. The third-order valence-corrected chi connectivity index (χ3v) is 4.68. The quantitative estimate of drug-likeness (QED) is 0.646. The van der Waals surface area contributed by atoms with Crippen LogP contribution in [0.25, 0.3) is 6.08 Å². The maximum absolute atomic E-state index is 14.1. The zero-order chi connectivity index (χ0) is 19.2. The molecule has 3 rings (SSSR count). The Bertz CT molecular complexity index is 766. The molecule has 1 aliphatic heterocycles. The molecule has 2 aromatic carbocycles. The Morgan fingerprint density at radius 1 is 1.11 bits per heavy atom. The number of ether oxygens (including phenoxy) is 3. The van der Waals surface area contributed by atoms with Crippen molar-refractivity contribution in [1.29, 1.82) is 0 Å². The minimum atomic E-state index is -0.971. The average molecular weight is 374 g/mol. The highest BCUT2D eigenvalue weighted by molar-refractivity contribution is 5.47. The molecule has 0 bridgehead atoms. The molecule has 1 saturated heterocycles. The first-order valence-electron chi connectivity index (χ1n) is 9.17. The van der Waals surface area contributed by atoms with Crippen molar-refractivity contribution in [3.63, 3.8) is 0 Å². The summed E-state index contributed by atoms with van der Waals surface area (Å²) < 4.78 is 44.7. The van der Waals surface area contributed by atoms with E-state index >= 15 is 0 Å². The normalized spacial score (nSPS) is 19.7. The molecule has 0 aliphatic carbocycles. The van der Waals surface area contributed by atoms with Gasteiger partial charge in [0.25, 0.3) is 0 Å². The summed E-state index contributed by atoms with van der Waals surface area (Å²) in [5.41, 5.74) is 2.37. The summed E-state index contributed by atoms with van der Waals surface area (Å²) >= 11 is 0. The van der Waals surface area contributed by atoms with Gasteiger partial charge in [0, 0.05) is 5.56 Å². The van der Waals surface area contributed by atoms with Crippen molar-refractivity contribution in [2.45, 2.75) is 38.6 Å². The summed E-state index contributed by atoms with van der Waals surface area (Å²) in [5.74, 6) is -1.97. The van der Waals surface area contributed by atoms with Gasteiger partial charge in [-0.15, -0.1) is 0 Å². The summed E-state index contributed by atoms with van der Waals surface area (Å²) in [6.07, 6.45) is 3.32. The lowest BCUT2D eigenvalue weighted by molar-refractivity contribution is -0.0925. The number of benzene rings is 2. The van der Waals surface area contributed by atoms with Crippen molar-refractivity contribution in [2.24, 2.45) is 0 Å². The topological polar surface area (TPSA) is 27.7 Å². The third kappa shape index (κ3) is 4.73. The molecule has 0 spiro atoms. The molecule has 0 radical (unpaired) electrons. The van der Waals surface area contributed by atoms with E-state index in [1.807, 2.05) is 24.3 Å². The molecule has 1 heterocycles. The molecule has 0 aromatic heterocycles. The van der Waals surface area contributed by atoms with Crippen LogP contribution in [0.1, 0.15) is 42.6 Å². The highest BCUT2D eigenvalue weighted by Gasteiger charge is 2.24. The Morgan fingerprint density at radius 3 is 2.52 bits per heavy atom. The largest absolute Gasteiger partial charge is 0.491 e. The molecule has 2 aromatic rings. The lowest BCUT2D eigenvalue weighted by Gasteiger charge is -2.29. The lowest BCUT2D eigenvalue weighted by atomic mass is 9.99. The molecule has 27 heavy (non-hydrogen) atoms. The fourth-order valence-electron chi connectivity index (χ4n) is 3.13. The minimum Gasteiger partial charge on any atom is -0.491 e. The van der Waals surface area contributed by atoms with Crippen molar-refractivity contribution in [3.05, 3.63) is 71.3 Å². The summed E-state index contributed by atoms with van der Waals surface area (Å²) in [5, 5.41) is 0. The number of hydrogen-bond acceptors (Lipinski definition) is 3. The van der Waals surface area contributed by atoms with Gasteiger partial charge in [-0.2, -0.15) is 4.39 Å². The zero-order valence-corrected chi connectivity index (χ0v) is 15.4. The first-order valence-corrected chi connectivity index (χ1v) is 9.17. The fraction of sp³-hybridized carbons (Fsp3) is 0.364. The smallest absolute Gasteiger partial charge is 0.200 e. The van der Waals surface area contributed by atoms with Gasteiger partial charge >= 0.3 is 0 Å². The molecule has 0 saturated carbocycles. The summed E-state index contributed by atoms with van der Waals surface area (Å²) in [7, 11) is 0. The van der Waals surface area contributed by atoms with Gasteiger partial charge in [-0.3, -0.25) is 0 Å². The summed E-state index contributed by atoms with van der Waals surface area (Å²) in [6, 6.07) is 11.0. The van der Waals surface area contributed by atoms with Gasteiger partial charge in [-0.05, 0) is 43.0 Å². The number of hydrogen-bond donors (Lipinski definition) is 0. The van der Waals surface area contributed by atoms with Crippen LogP contribution in [0.5, 0.6) is 5.75 Å². The van der Waals surface area contributed by atoms with E-state index in [4.69, 9.17) is 14.2 Å². The molecular formula is C22H24F2O3. The van der Waals surface area contributed by atoms with Crippen molar-refractivity contribution >= 4 is 6.08 Å². The van der Waals surface area contributed by atoms with Gasteiger partial charge in [0.05, 0.1) is 32.0 Å². The van der Waals surface area contributed by atoms with Gasteiger partial charge in [-0.1, -0.05) is 36.9 Å². The highest BCUT2D eigenvalue weighted by atomic mass is 19.2. The van der Waals surface area contributed by atoms with Crippen LogP contribution in [0.2, 0.25) is 0 Å². The Balaban J connectivity index is 1.52. The molecule has 0 amide bonds. The highest BCUT2D eigenvalue weighted by Crippen LogP contribution is 2.30. The molecule has 0 N–H and O–H groups in total. The Morgan fingerprint density at radius 2 is 1.89 bits per heavy atom. The van der Waals surface area contributed by atoms with Crippen LogP contribution in [0.15, 0.2) is 43.0 Å². The second kappa shape index (κ2) is 9.11. The molecule has 144 valence electrons. The van der Waals surface area contributed by atoms with Gasteiger partial charge in [0.2, 0.25) is 5.82 Å². The van der Waals surface area contributed by atoms with E-state index in [1.54, 1.807) is 13.0 Å². The molecule has 2 unspecified atom stereocenters. The third-order valence-electron chi connectivity index (χ3n) is 4.68. The summed E-state index contributed by atoms with van der Waals surface area (Å²) in [6.45, 7) is 6.18. The van der Waals surface area contributed by atoms with Crippen molar-refractivity contribution in [1.82, 2.24) is 0 Å². The number of rotatable bonds is 7. The predicted octanol–water partition coefficient (Wildman–Crippen LogP) is 5.44. The van der Waals surface area contributed by atoms with E-state index < -0.39 is 11.6 Å². The molecule has 1 fully saturated rings. The van der Waals surface area contributed by atoms with E-state index in [0.29, 0.717) is 6.61 Å². The summed E-state index contributed by atoms with van der Waals surface area (Å²) in [4.78, 5) is 0. The van der Waals surface area contributed by atoms with Crippen LogP contribution in [-0.4, -0.2) is 19.3 Å². The second-order valence-electron chi connectivity index (χ2n) is 6.49.